The molecule has 2 aromatic rings. The van der Waals surface area contributed by atoms with Crippen LogP contribution in [0.1, 0.15) is 33.5 Å². The summed E-state index contributed by atoms with van der Waals surface area (Å²) in [6, 6.07) is 10.3. The first-order valence-electron chi connectivity index (χ1n) is 7.99. The molecule has 1 aromatic heterocycles. The van der Waals surface area contributed by atoms with E-state index < -0.39 is 0 Å². The Bertz CT molecular complexity index is 801. The zero-order chi connectivity index (χ0) is 17.1. The standard InChI is InChI=1S/C20H20O3S/c1-3-13-11-14(7-8-17(13)23-2)18-9-10-19(24-18)20(22)15-5-4-6-16(21)12-15/h4-13,17,21H,3H2,1-2H3. The fraction of sp³-hybridized carbons (Fsp3) is 0.250. The predicted octanol–water partition coefficient (Wildman–Crippen LogP) is 4.68. The number of aromatic hydroxyl groups is 1. The van der Waals surface area contributed by atoms with Crippen LogP contribution in [0.4, 0.5) is 0 Å². The number of carbonyl (C=O) groups is 1. The molecule has 3 nitrogen and oxygen atoms in total. The lowest BCUT2D eigenvalue weighted by molar-refractivity contribution is 0.104. The van der Waals surface area contributed by atoms with Gasteiger partial charge < -0.3 is 9.84 Å². The number of hydrogen-bond acceptors (Lipinski definition) is 4. The second kappa shape index (κ2) is 7.16. The fourth-order valence-electron chi connectivity index (χ4n) is 2.89. The van der Waals surface area contributed by atoms with Crippen LogP contribution in [0.25, 0.3) is 5.57 Å². The minimum atomic E-state index is -0.0654. The van der Waals surface area contributed by atoms with Gasteiger partial charge in [0.1, 0.15) is 5.75 Å². The Kier molecular flexibility index (Phi) is 4.97. The molecule has 0 bridgehead atoms. The number of thiophene rings is 1. The van der Waals surface area contributed by atoms with Gasteiger partial charge in [-0.3, -0.25) is 4.79 Å². The molecule has 1 N–H and O–H groups in total. The van der Waals surface area contributed by atoms with Crippen molar-refractivity contribution in [2.75, 3.05) is 7.11 Å². The third-order valence-corrected chi connectivity index (χ3v) is 5.38. The number of hydrogen-bond donors (Lipinski definition) is 1. The summed E-state index contributed by atoms with van der Waals surface area (Å²) >= 11 is 1.48. The summed E-state index contributed by atoms with van der Waals surface area (Å²) in [4.78, 5) is 14.3. The second-order valence-corrected chi connectivity index (χ2v) is 6.88. The quantitative estimate of drug-likeness (QED) is 0.804. The number of allylic oxidation sites excluding steroid dienone is 2. The summed E-state index contributed by atoms with van der Waals surface area (Å²) in [6.07, 6.45) is 7.50. The van der Waals surface area contributed by atoms with Crippen LogP contribution in [0.3, 0.4) is 0 Å². The number of methoxy groups -OCH3 is 1. The van der Waals surface area contributed by atoms with Gasteiger partial charge in [-0.25, -0.2) is 0 Å². The second-order valence-electron chi connectivity index (χ2n) is 5.80. The fourth-order valence-corrected chi connectivity index (χ4v) is 3.87. The smallest absolute Gasteiger partial charge is 0.203 e. The topological polar surface area (TPSA) is 46.5 Å². The summed E-state index contributed by atoms with van der Waals surface area (Å²) in [5, 5.41) is 9.54. The van der Waals surface area contributed by atoms with E-state index in [0.717, 1.165) is 16.9 Å². The van der Waals surface area contributed by atoms with Crippen molar-refractivity contribution in [3.63, 3.8) is 0 Å². The van der Waals surface area contributed by atoms with E-state index in [4.69, 9.17) is 4.74 Å². The lowest BCUT2D eigenvalue weighted by Crippen LogP contribution is -2.20. The monoisotopic (exact) mass is 340 g/mol. The van der Waals surface area contributed by atoms with Crippen molar-refractivity contribution in [3.8, 4) is 5.75 Å². The van der Waals surface area contributed by atoms with E-state index in [-0.39, 0.29) is 17.6 Å². The van der Waals surface area contributed by atoms with Crippen molar-refractivity contribution in [1.82, 2.24) is 0 Å². The van der Waals surface area contributed by atoms with Crippen molar-refractivity contribution in [1.29, 1.82) is 0 Å². The Morgan fingerprint density at radius 1 is 1.29 bits per heavy atom. The first-order valence-corrected chi connectivity index (χ1v) is 8.80. The molecule has 0 spiro atoms. The highest BCUT2D eigenvalue weighted by Gasteiger charge is 2.21. The van der Waals surface area contributed by atoms with Crippen molar-refractivity contribution in [2.24, 2.45) is 5.92 Å². The minimum Gasteiger partial charge on any atom is -0.508 e. The zero-order valence-corrected chi connectivity index (χ0v) is 14.5. The molecule has 3 rings (SSSR count). The van der Waals surface area contributed by atoms with E-state index in [2.05, 4.69) is 25.2 Å². The minimum absolute atomic E-state index is 0.0654. The van der Waals surface area contributed by atoms with Crippen LogP contribution in [0.5, 0.6) is 5.75 Å². The van der Waals surface area contributed by atoms with Crippen molar-refractivity contribution in [3.05, 3.63) is 69.9 Å². The summed E-state index contributed by atoms with van der Waals surface area (Å²) in [5.74, 6) is 0.388. The maximum absolute atomic E-state index is 12.6. The molecule has 1 heterocycles. The Balaban J connectivity index is 1.85. The summed E-state index contributed by atoms with van der Waals surface area (Å²) in [6.45, 7) is 2.15. The average Bonchev–Trinajstić information content (AvgIpc) is 3.10. The Morgan fingerprint density at radius 2 is 2.12 bits per heavy atom. The zero-order valence-electron chi connectivity index (χ0n) is 13.7. The molecule has 2 atom stereocenters. The summed E-state index contributed by atoms with van der Waals surface area (Å²) < 4.78 is 5.49. The van der Waals surface area contributed by atoms with Gasteiger partial charge in [-0.05, 0) is 36.3 Å². The lowest BCUT2D eigenvalue weighted by Gasteiger charge is -2.23. The lowest BCUT2D eigenvalue weighted by atomic mass is 9.91. The normalized spacial score (nSPS) is 20.0. The third kappa shape index (κ3) is 3.35. The van der Waals surface area contributed by atoms with Crippen LogP contribution in [0, 0.1) is 5.92 Å². The first kappa shape index (κ1) is 16.7. The molecule has 24 heavy (non-hydrogen) atoms. The van der Waals surface area contributed by atoms with Gasteiger partial charge in [-0.1, -0.05) is 37.3 Å². The van der Waals surface area contributed by atoms with Gasteiger partial charge in [-0.15, -0.1) is 11.3 Å². The number of phenolic OH excluding ortho intramolecular Hbond substituents is 1. The Hall–Kier alpha value is -2.17. The van der Waals surface area contributed by atoms with E-state index in [1.54, 1.807) is 25.3 Å². The maximum Gasteiger partial charge on any atom is 0.203 e. The molecule has 2 unspecified atom stereocenters. The number of rotatable bonds is 5. The van der Waals surface area contributed by atoms with Crippen LogP contribution >= 0.6 is 11.3 Å². The molecular weight excluding hydrogens is 320 g/mol. The Labute approximate surface area is 145 Å². The van der Waals surface area contributed by atoms with Crippen LogP contribution in [-0.4, -0.2) is 24.1 Å². The Morgan fingerprint density at radius 3 is 2.83 bits per heavy atom. The van der Waals surface area contributed by atoms with Gasteiger partial charge in [0.15, 0.2) is 0 Å². The first-order chi connectivity index (χ1) is 11.6. The van der Waals surface area contributed by atoms with E-state index in [0.29, 0.717) is 16.4 Å². The van der Waals surface area contributed by atoms with Crippen molar-refractivity contribution < 1.29 is 14.6 Å². The van der Waals surface area contributed by atoms with Crippen LogP contribution < -0.4 is 0 Å². The van der Waals surface area contributed by atoms with Gasteiger partial charge in [-0.2, -0.15) is 0 Å². The van der Waals surface area contributed by atoms with Crippen LogP contribution in [-0.2, 0) is 4.74 Å². The molecule has 0 radical (unpaired) electrons. The largest absolute Gasteiger partial charge is 0.508 e. The molecule has 0 fully saturated rings. The van der Waals surface area contributed by atoms with Crippen LogP contribution in [0.15, 0.2) is 54.6 Å². The maximum atomic E-state index is 12.6. The van der Waals surface area contributed by atoms with E-state index in [1.807, 2.05) is 12.1 Å². The number of ether oxygens (including phenoxy) is 1. The molecule has 0 saturated carbocycles. The molecule has 0 aliphatic heterocycles. The molecule has 1 aliphatic rings. The highest BCUT2D eigenvalue weighted by molar-refractivity contribution is 7.15. The summed E-state index contributed by atoms with van der Waals surface area (Å²) in [7, 11) is 1.73. The third-order valence-electron chi connectivity index (χ3n) is 4.25. The highest BCUT2D eigenvalue weighted by Crippen LogP contribution is 2.32. The SMILES string of the molecule is CCC1C=C(c2ccc(C(=O)c3cccc(O)c3)s2)C=CC1OC. The van der Waals surface area contributed by atoms with E-state index in [1.165, 1.54) is 17.4 Å². The molecule has 0 saturated heterocycles. The van der Waals surface area contributed by atoms with Gasteiger partial charge >= 0.3 is 0 Å². The van der Waals surface area contributed by atoms with Gasteiger partial charge in [0, 0.05) is 23.5 Å². The molecular formula is C20H20O3S. The molecule has 0 amide bonds. The predicted molar refractivity (Wildman–Crippen MR) is 97.6 cm³/mol. The number of carbonyl (C=O) groups excluding carboxylic acids is 1. The summed E-state index contributed by atoms with van der Waals surface area (Å²) in [5.41, 5.74) is 1.64. The average molecular weight is 340 g/mol. The van der Waals surface area contributed by atoms with E-state index >= 15 is 0 Å². The van der Waals surface area contributed by atoms with Gasteiger partial charge in [0.25, 0.3) is 0 Å². The van der Waals surface area contributed by atoms with Crippen molar-refractivity contribution >= 4 is 22.7 Å². The number of phenols is 1. The van der Waals surface area contributed by atoms with Gasteiger partial charge in [0.05, 0.1) is 11.0 Å². The molecule has 1 aliphatic carbocycles. The molecule has 124 valence electrons. The number of ketones is 1. The number of benzene rings is 1. The van der Waals surface area contributed by atoms with Gasteiger partial charge in [0.2, 0.25) is 5.78 Å². The van der Waals surface area contributed by atoms with Crippen LogP contribution in [0.2, 0.25) is 0 Å². The molecule has 4 heteroatoms. The van der Waals surface area contributed by atoms with Crippen molar-refractivity contribution in [2.45, 2.75) is 19.4 Å². The molecule has 1 aromatic carbocycles. The van der Waals surface area contributed by atoms with E-state index in [9.17, 15) is 9.90 Å². The highest BCUT2D eigenvalue weighted by atomic mass is 32.1.